The summed E-state index contributed by atoms with van der Waals surface area (Å²) in [6, 6.07) is 19.1. The lowest BCUT2D eigenvalue weighted by atomic mass is 9.84. The Kier molecular flexibility index (Phi) is 4.70. The monoisotopic (exact) mass is 336 g/mol. The molecule has 3 rings (SSSR count). The highest BCUT2D eigenvalue weighted by molar-refractivity contribution is 5.98. The lowest BCUT2D eigenvalue weighted by Crippen LogP contribution is -2.48. The first-order valence-electron chi connectivity index (χ1n) is 8.20. The number of rotatable bonds is 4. The largest absolute Gasteiger partial charge is 0.422 e. The molecule has 1 unspecified atom stereocenters. The van der Waals surface area contributed by atoms with Crippen LogP contribution in [0.25, 0.3) is 6.08 Å². The Morgan fingerprint density at radius 1 is 0.880 bits per heavy atom. The maximum absolute atomic E-state index is 12.5. The molecule has 1 aliphatic rings. The summed E-state index contributed by atoms with van der Waals surface area (Å²) in [5.74, 6) is -3.83. The molecule has 0 aromatic heterocycles. The average molecular weight is 336 g/mol. The van der Waals surface area contributed by atoms with E-state index in [1.165, 1.54) is 0 Å². The Balaban J connectivity index is 1.96. The van der Waals surface area contributed by atoms with Gasteiger partial charge in [-0.2, -0.15) is 0 Å². The Hall–Kier alpha value is -2.88. The van der Waals surface area contributed by atoms with E-state index in [1.807, 2.05) is 72.8 Å². The lowest BCUT2D eigenvalue weighted by molar-refractivity contribution is -0.240. The van der Waals surface area contributed by atoms with Gasteiger partial charge in [0.25, 0.3) is 5.79 Å². The number of hydrogen-bond acceptors (Lipinski definition) is 4. The number of cyclic esters (lactones) is 2. The third kappa shape index (κ3) is 3.97. The fraction of sp³-hybridized carbons (Fsp3) is 0.238. The van der Waals surface area contributed by atoms with E-state index in [4.69, 9.17) is 9.47 Å². The molecule has 1 aliphatic heterocycles. The number of ether oxygens (including phenoxy) is 2. The first-order valence-corrected chi connectivity index (χ1v) is 8.20. The molecule has 0 radical (unpaired) electrons. The fourth-order valence-corrected chi connectivity index (χ4v) is 2.89. The van der Waals surface area contributed by atoms with E-state index in [0.29, 0.717) is 0 Å². The first kappa shape index (κ1) is 17.0. The summed E-state index contributed by atoms with van der Waals surface area (Å²) >= 11 is 0. The van der Waals surface area contributed by atoms with E-state index in [1.54, 1.807) is 13.8 Å². The molecule has 1 heterocycles. The van der Waals surface area contributed by atoms with E-state index >= 15 is 0 Å². The highest BCUT2D eigenvalue weighted by Gasteiger charge is 2.46. The van der Waals surface area contributed by atoms with Crippen LogP contribution in [0.2, 0.25) is 0 Å². The second kappa shape index (κ2) is 6.93. The smallest absolute Gasteiger partial charge is 0.324 e. The van der Waals surface area contributed by atoms with E-state index < -0.39 is 29.6 Å². The lowest BCUT2D eigenvalue weighted by Gasteiger charge is -2.35. The van der Waals surface area contributed by atoms with Gasteiger partial charge in [0.05, 0.1) is 0 Å². The molecule has 0 bridgehead atoms. The standard InChI is InChI=1S/C21H20O4/c1-21(2)24-19(22)18(20(23)25-21)17(16-11-7-4-8-12-16)14-13-15-9-5-3-6-10-15/h3-14,17-18H,1-2H3/b14-13+. The molecule has 1 saturated heterocycles. The van der Waals surface area contributed by atoms with Crippen molar-refractivity contribution in [2.75, 3.05) is 0 Å². The minimum absolute atomic E-state index is 0.461. The highest BCUT2D eigenvalue weighted by Crippen LogP contribution is 2.34. The second-order valence-electron chi connectivity index (χ2n) is 6.43. The quantitative estimate of drug-likeness (QED) is 0.627. The van der Waals surface area contributed by atoms with Crippen molar-refractivity contribution in [1.29, 1.82) is 0 Å². The number of hydrogen-bond donors (Lipinski definition) is 0. The molecule has 4 nitrogen and oxygen atoms in total. The van der Waals surface area contributed by atoms with E-state index in [9.17, 15) is 9.59 Å². The van der Waals surface area contributed by atoms with Gasteiger partial charge in [0.2, 0.25) is 0 Å². The highest BCUT2D eigenvalue weighted by atomic mass is 16.7. The summed E-state index contributed by atoms with van der Waals surface area (Å²) in [4.78, 5) is 25.0. The third-order valence-electron chi connectivity index (χ3n) is 4.04. The summed E-state index contributed by atoms with van der Waals surface area (Å²) in [6.07, 6.45) is 3.76. The Bertz CT molecular complexity index is 758. The van der Waals surface area contributed by atoms with Crippen molar-refractivity contribution in [3.63, 3.8) is 0 Å². The summed E-state index contributed by atoms with van der Waals surface area (Å²) in [7, 11) is 0. The second-order valence-corrected chi connectivity index (χ2v) is 6.43. The number of benzene rings is 2. The van der Waals surface area contributed by atoms with Gasteiger partial charge in [0, 0.05) is 19.8 Å². The number of allylic oxidation sites excluding steroid dienone is 1. The van der Waals surface area contributed by atoms with E-state index in [2.05, 4.69) is 0 Å². The minimum Gasteiger partial charge on any atom is -0.422 e. The van der Waals surface area contributed by atoms with Gasteiger partial charge in [-0.3, -0.25) is 9.59 Å². The maximum Gasteiger partial charge on any atom is 0.324 e. The zero-order valence-electron chi connectivity index (χ0n) is 14.2. The molecule has 0 saturated carbocycles. The molecule has 128 valence electrons. The van der Waals surface area contributed by atoms with E-state index in [-0.39, 0.29) is 0 Å². The topological polar surface area (TPSA) is 52.6 Å². The predicted octanol–water partition coefficient (Wildman–Crippen LogP) is 3.94. The van der Waals surface area contributed by atoms with Gasteiger partial charge in [0.15, 0.2) is 5.92 Å². The summed E-state index contributed by atoms with van der Waals surface area (Å²) in [6.45, 7) is 3.10. The predicted molar refractivity (Wildman–Crippen MR) is 94.4 cm³/mol. The zero-order chi connectivity index (χ0) is 17.9. The van der Waals surface area contributed by atoms with Gasteiger partial charge in [-0.25, -0.2) is 0 Å². The molecule has 4 heteroatoms. The average Bonchev–Trinajstić information content (AvgIpc) is 2.58. The van der Waals surface area contributed by atoms with Gasteiger partial charge in [-0.05, 0) is 11.1 Å². The third-order valence-corrected chi connectivity index (χ3v) is 4.04. The SMILES string of the molecule is CC1(C)OC(=O)C(C(/C=C/c2ccccc2)c2ccccc2)C(=O)O1. The minimum atomic E-state index is -1.23. The van der Waals surface area contributed by atoms with Gasteiger partial charge in [0.1, 0.15) is 0 Å². The van der Waals surface area contributed by atoms with Gasteiger partial charge in [-0.15, -0.1) is 0 Å². The van der Waals surface area contributed by atoms with Crippen molar-refractivity contribution in [3.8, 4) is 0 Å². The van der Waals surface area contributed by atoms with Crippen LogP contribution in [-0.2, 0) is 19.1 Å². The van der Waals surface area contributed by atoms with Crippen LogP contribution in [0.4, 0.5) is 0 Å². The molecular weight excluding hydrogens is 316 g/mol. The van der Waals surface area contributed by atoms with E-state index in [0.717, 1.165) is 11.1 Å². The number of carbonyl (C=O) groups is 2. The van der Waals surface area contributed by atoms with Gasteiger partial charge < -0.3 is 9.47 Å². The summed E-state index contributed by atoms with van der Waals surface area (Å²) in [5, 5.41) is 0. The van der Waals surface area contributed by atoms with Crippen LogP contribution < -0.4 is 0 Å². The molecule has 0 N–H and O–H groups in total. The molecule has 0 aliphatic carbocycles. The van der Waals surface area contributed by atoms with Crippen molar-refractivity contribution < 1.29 is 19.1 Å². The molecule has 25 heavy (non-hydrogen) atoms. The van der Waals surface area contributed by atoms with Crippen LogP contribution in [0.3, 0.4) is 0 Å². The Morgan fingerprint density at radius 2 is 1.40 bits per heavy atom. The summed E-state index contributed by atoms with van der Waals surface area (Å²) < 4.78 is 10.6. The molecule has 2 aromatic carbocycles. The van der Waals surface area contributed by atoms with Crippen LogP contribution in [0, 0.1) is 5.92 Å². The maximum atomic E-state index is 12.5. The molecule has 0 amide bonds. The van der Waals surface area contributed by atoms with Crippen molar-refractivity contribution in [2.45, 2.75) is 25.6 Å². The normalized spacial score (nSPS) is 18.6. The molecule has 0 spiro atoms. The Morgan fingerprint density at radius 3 is 1.96 bits per heavy atom. The molecule has 1 atom stereocenters. The van der Waals surface area contributed by atoms with Crippen LogP contribution >= 0.6 is 0 Å². The number of esters is 2. The van der Waals surface area contributed by atoms with Gasteiger partial charge >= 0.3 is 11.9 Å². The van der Waals surface area contributed by atoms with Crippen LogP contribution in [-0.4, -0.2) is 17.7 Å². The molecule has 2 aromatic rings. The first-order chi connectivity index (χ1) is 12.0. The molecule has 1 fully saturated rings. The molecular formula is C21H20O4. The van der Waals surface area contributed by atoms with Crippen molar-refractivity contribution in [2.24, 2.45) is 5.92 Å². The van der Waals surface area contributed by atoms with Crippen molar-refractivity contribution in [3.05, 3.63) is 77.9 Å². The zero-order valence-corrected chi connectivity index (χ0v) is 14.2. The summed E-state index contributed by atoms with van der Waals surface area (Å²) in [5.41, 5.74) is 1.84. The van der Waals surface area contributed by atoms with Gasteiger partial charge in [-0.1, -0.05) is 72.8 Å². The van der Waals surface area contributed by atoms with Crippen molar-refractivity contribution >= 4 is 18.0 Å². The van der Waals surface area contributed by atoms with Crippen LogP contribution in [0.1, 0.15) is 30.9 Å². The number of carbonyl (C=O) groups excluding carboxylic acids is 2. The fourth-order valence-electron chi connectivity index (χ4n) is 2.89. The van der Waals surface area contributed by atoms with Crippen LogP contribution in [0.15, 0.2) is 66.7 Å². The Labute approximate surface area is 147 Å². The van der Waals surface area contributed by atoms with Crippen molar-refractivity contribution in [1.82, 2.24) is 0 Å². The van der Waals surface area contributed by atoms with Crippen LogP contribution in [0.5, 0.6) is 0 Å².